The summed E-state index contributed by atoms with van der Waals surface area (Å²) in [5, 5.41) is 0. The first kappa shape index (κ1) is 11.3. The Balaban J connectivity index is 2.46. The smallest absolute Gasteiger partial charge is 0.262 e. The van der Waals surface area contributed by atoms with Crippen LogP contribution in [0.3, 0.4) is 0 Å². The van der Waals surface area contributed by atoms with Crippen LogP contribution < -0.4 is 5.73 Å². The van der Waals surface area contributed by atoms with Crippen LogP contribution in [-0.2, 0) is 4.79 Å². The van der Waals surface area contributed by atoms with Gasteiger partial charge in [-0.3, -0.25) is 19.3 Å². The minimum atomic E-state index is -0.873. The van der Waals surface area contributed by atoms with E-state index in [4.69, 9.17) is 5.73 Å². The number of rotatable bonds is 3. The van der Waals surface area contributed by atoms with Crippen molar-refractivity contribution in [2.24, 2.45) is 5.73 Å². The van der Waals surface area contributed by atoms with E-state index in [0.29, 0.717) is 17.5 Å². The van der Waals surface area contributed by atoms with E-state index in [9.17, 15) is 14.4 Å². The highest BCUT2D eigenvalue weighted by molar-refractivity contribution is 6.22. The fraction of sp³-hybridized carbons (Fsp3) is 0.250. The maximum Gasteiger partial charge on any atom is 0.262 e. The summed E-state index contributed by atoms with van der Waals surface area (Å²) in [6.45, 7) is 1.71. The molecule has 1 aliphatic heterocycles. The molecule has 0 saturated carbocycles. The summed E-state index contributed by atoms with van der Waals surface area (Å²) in [5.74, 6) is -1.56. The lowest BCUT2D eigenvalue weighted by atomic mass is 10.1. The van der Waals surface area contributed by atoms with Crippen LogP contribution in [-0.4, -0.2) is 28.7 Å². The van der Waals surface area contributed by atoms with Crippen molar-refractivity contribution in [1.82, 2.24) is 4.90 Å². The molecular formula is C12H12N2O3. The van der Waals surface area contributed by atoms with E-state index in [2.05, 4.69) is 0 Å². The summed E-state index contributed by atoms with van der Waals surface area (Å²) in [4.78, 5) is 36.2. The van der Waals surface area contributed by atoms with Crippen LogP contribution in [0.2, 0.25) is 0 Å². The molecule has 0 bridgehead atoms. The van der Waals surface area contributed by atoms with Gasteiger partial charge in [-0.15, -0.1) is 0 Å². The van der Waals surface area contributed by atoms with Gasteiger partial charge in [0.15, 0.2) is 0 Å². The fourth-order valence-electron chi connectivity index (χ4n) is 2.00. The molecule has 1 aromatic rings. The second kappa shape index (κ2) is 4.01. The molecule has 17 heavy (non-hydrogen) atoms. The van der Waals surface area contributed by atoms with E-state index in [0.717, 1.165) is 4.90 Å². The predicted molar refractivity (Wildman–Crippen MR) is 60.2 cm³/mol. The van der Waals surface area contributed by atoms with E-state index >= 15 is 0 Å². The fourth-order valence-corrected chi connectivity index (χ4v) is 2.00. The van der Waals surface area contributed by atoms with Crippen molar-refractivity contribution in [3.8, 4) is 0 Å². The van der Waals surface area contributed by atoms with Gasteiger partial charge in [0.1, 0.15) is 6.04 Å². The molecule has 3 amide bonds. The van der Waals surface area contributed by atoms with E-state index in [-0.39, 0.29) is 0 Å². The minimum Gasteiger partial charge on any atom is -0.368 e. The van der Waals surface area contributed by atoms with E-state index in [1.165, 1.54) is 0 Å². The summed E-state index contributed by atoms with van der Waals surface area (Å²) in [6, 6.07) is 5.63. The predicted octanol–water partition coefficient (Wildman–Crippen LogP) is 0.546. The van der Waals surface area contributed by atoms with Gasteiger partial charge in [-0.1, -0.05) is 19.1 Å². The molecule has 1 aliphatic rings. The molecule has 2 rings (SSSR count). The van der Waals surface area contributed by atoms with Crippen molar-refractivity contribution >= 4 is 17.7 Å². The highest BCUT2D eigenvalue weighted by Gasteiger charge is 2.40. The molecule has 5 heteroatoms. The third-order valence-corrected chi connectivity index (χ3v) is 2.85. The topological polar surface area (TPSA) is 80.5 Å². The normalized spacial score (nSPS) is 15.9. The lowest BCUT2D eigenvalue weighted by Crippen LogP contribution is -2.47. The average Bonchev–Trinajstić information content (AvgIpc) is 2.56. The maximum atomic E-state index is 12.0. The third-order valence-electron chi connectivity index (χ3n) is 2.85. The summed E-state index contributed by atoms with van der Waals surface area (Å²) >= 11 is 0. The van der Waals surface area contributed by atoms with Crippen molar-refractivity contribution in [2.75, 3.05) is 0 Å². The number of nitrogens with two attached hydrogens (primary N) is 1. The number of amides is 3. The van der Waals surface area contributed by atoms with Crippen LogP contribution in [0, 0.1) is 0 Å². The Bertz CT molecular complexity index is 475. The van der Waals surface area contributed by atoms with Gasteiger partial charge < -0.3 is 5.73 Å². The van der Waals surface area contributed by atoms with Gasteiger partial charge >= 0.3 is 0 Å². The molecule has 5 nitrogen and oxygen atoms in total. The van der Waals surface area contributed by atoms with Crippen molar-refractivity contribution in [3.63, 3.8) is 0 Å². The van der Waals surface area contributed by atoms with Crippen LogP contribution in [0.15, 0.2) is 24.3 Å². The van der Waals surface area contributed by atoms with Crippen LogP contribution in [0.25, 0.3) is 0 Å². The van der Waals surface area contributed by atoms with Gasteiger partial charge in [0, 0.05) is 0 Å². The van der Waals surface area contributed by atoms with Crippen LogP contribution >= 0.6 is 0 Å². The molecule has 2 N–H and O–H groups in total. The van der Waals surface area contributed by atoms with Gasteiger partial charge in [0.25, 0.3) is 11.8 Å². The molecule has 0 aliphatic carbocycles. The molecule has 0 fully saturated rings. The van der Waals surface area contributed by atoms with E-state index in [1.54, 1.807) is 31.2 Å². The molecule has 1 aromatic carbocycles. The lowest BCUT2D eigenvalue weighted by Gasteiger charge is -2.21. The Hall–Kier alpha value is -2.17. The van der Waals surface area contributed by atoms with Gasteiger partial charge in [0.05, 0.1) is 11.1 Å². The second-order valence-electron chi connectivity index (χ2n) is 3.85. The first-order valence-electron chi connectivity index (χ1n) is 5.34. The van der Waals surface area contributed by atoms with Crippen LogP contribution in [0.1, 0.15) is 34.1 Å². The number of hydrogen-bond acceptors (Lipinski definition) is 3. The SMILES string of the molecule is CCC(C(N)=O)N1C(=O)c2ccccc2C1=O. The quantitative estimate of drug-likeness (QED) is 0.772. The number of fused-ring (bicyclic) bond motifs is 1. The minimum absolute atomic E-state index is 0.320. The second-order valence-corrected chi connectivity index (χ2v) is 3.85. The number of carbonyl (C=O) groups excluding carboxylic acids is 3. The molecular weight excluding hydrogens is 220 g/mol. The van der Waals surface area contributed by atoms with Crippen molar-refractivity contribution in [3.05, 3.63) is 35.4 Å². The van der Waals surface area contributed by atoms with Gasteiger partial charge in [-0.05, 0) is 18.6 Å². The number of carbonyl (C=O) groups is 3. The Morgan fingerprint density at radius 1 is 1.24 bits per heavy atom. The lowest BCUT2D eigenvalue weighted by molar-refractivity contribution is -0.121. The highest BCUT2D eigenvalue weighted by Crippen LogP contribution is 2.25. The molecule has 1 heterocycles. The summed E-state index contributed by atoms with van der Waals surface area (Å²) in [5.41, 5.74) is 5.86. The molecule has 1 atom stereocenters. The van der Waals surface area contributed by atoms with E-state index < -0.39 is 23.8 Å². The Morgan fingerprint density at radius 3 is 2.06 bits per heavy atom. The standard InChI is InChI=1S/C12H12N2O3/c1-2-9(10(13)15)14-11(16)7-5-3-4-6-8(7)12(14)17/h3-6,9H,2H2,1H3,(H2,13,15). The molecule has 0 radical (unpaired) electrons. The number of imide groups is 1. The largest absolute Gasteiger partial charge is 0.368 e. The zero-order chi connectivity index (χ0) is 12.6. The number of hydrogen-bond donors (Lipinski definition) is 1. The summed E-state index contributed by atoms with van der Waals surface area (Å²) < 4.78 is 0. The first-order valence-corrected chi connectivity index (χ1v) is 5.34. The van der Waals surface area contributed by atoms with Crippen LogP contribution in [0.4, 0.5) is 0 Å². The average molecular weight is 232 g/mol. The molecule has 88 valence electrons. The van der Waals surface area contributed by atoms with Crippen molar-refractivity contribution < 1.29 is 14.4 Å². The zero-order valence-electron chi connectivity index (χ0n) is 9.34. The van der Waals surface area contributed by atoms with Gasteiger partial charge in [-0.2, -0.15) is 0 Å². The maximum absolute atomic E-state index is 12.0. The van der Waals surface area contributed by atoms with Gasteiger partial charge in [-0.25, -0.2) is 0 Å². The van der Waals surface area contributed by atoms with Crippen LogP contribution in [0.5, 0.6) is 0 Å². The third kappa shape index (κ3) is 1.60. The Kier molecular flexibility index (Phi) is 2.67. The van der Waals surface area contributed by atoms with Gasteiger partial charge in [0.2, 0.25) is 5.91 Å². The summed E-state index contributed by atoms with van der Waals surface area (Å²) in [6.07, 6.45) is 0.320. The molecule has 0 spiro atoms. The monoisotopic (exact) mass is 232 g/mol. The summed E-state index contributed by atoms with van der Waals surface area (Å²) in [7, 11) is 0. The molecule has 1 unspecified atom stereocenters. The van der Waals surface area contributed by atoms with E-state index in [1.807, 2.05) is 0 Å². The zero-order valence-corrected chi connectivity index (χ0v) is 9.34. The number of nitrogens with zero attached hydrogens (tertiary/aromatic N) is 1. The Labute approximate surface area is 98.2 Å². The van der Waals surface area contributed by atoms with Crippen molar-refractivity contribution in [1.29, 1.82) is 0 Å². The number of primary amides is 1. The highest BCUT2D eigenvalue weighted by atomic mass is 16.2. The Morgan fingerprint density at radius 2 is 1.71 bits per heavy atom. The number of benzene rings is 1. The molecule has 0 aromatic heterocycles. The van der Waals surface area contributed by atoms with Crippen molar-refractivity contribution in [2.45, 2.75) is 19.4 Å². The molecule has 0 saturated heterocycles. The first-order chi connectivity index (χ1) is 8.07.